The predicted octanol–water partition coefficient (Wildman–Crippen LogP) is 1.98. The number of nitrogens with one attached hydrogen (secondary N) is 2. The average molecular weight is 544 g/mol. The molecule has 3 amide bonds. The van der Waals surface area contributed by atoms with E-state index in [1.807, 2.05) is 39.0 Å². The highest BCUT2D eigenvalue weighted by Gasteiger charge is 2.57. The molecule has 11 heteroatoms. The smallest absolute Gasteiger partial charge is 0.246 e. The first-order chi connectivity index (χ1) is 17.6. The number of para-hydroxylation sites is 1. The number of likely N-dealkylation sites (N-methyl/N-ethyl adjacent to an activating group) is 1. The molecule has 3 aliphatic rings. The Bertz CT molecular complexity index is 1280. The third-order valence-corrected chi connectivity index (χ3v) is 8.45. The maximum atomic E-state index is 14.2. The van der Waals surface area contributed by atoms with Gasteiger partial charge in [0, 0.05) is 25.7 Å². The summed E-state index contributed by atoms with van der Waals surface area (Å²) in [7, 11) is -2.14. The van der Waals surface area contributed by atoms with Crippen LogP contribution in [0.1, 0.15) is 58.4 Å². The third-order valence-electron chi connectivity index (χ3n) is 7.74. The van der Waals surface area contributed by atoms with E-state index < -0.39 is 45.4 Å². The van der Waals surface area contributed by atoms with Crippen molar-refractivity contribution in [1.29, 1.82) is 5.26 Å². The number of sulfonamides is 1. The van der Waals surface area contributed by atoms with Crippen LogP contribution in [0.3, 0.4) is 0 Å². The second-order valence-electron chi connectivity index (χ2n) is 12.2. The van der Waals surface area contributed by atoms with Crippen LogP contribution < -0.4 is 10.0 Å². The first-order valence-electron chi connectivity index (χ1n) is 13.0. The quantitative estimate of drug-likeness (QED) is 0.514. The molecule has 2 fully saturated rings. The van der Waals surface area contributed by atoms with Crippen molar-refractivity contribution in [2.24, 2.45) is 11.3 Å². The molecule has 1 saturated carbocycles. The molecular weight excluding hydrogens is 506 g/mol. The Morgan fingerprint density at radius 3 is 2.53 bits per heavy atom. The van der Waals surface area contributed by atoms with Gasteiger partial charge in [-0.1, -0.05) is 51.8 Å². The largest absolute Gasteiger partial charge is 0.332 e. The highest BCUT2D eigenvalue weighted by atomic mass is 32.2. The molecule has 2 N–H and O–H groups in total. The SMILES string of the molecule is CN(C(=O)[C@H](CC1CC1)NS(C)(=O)=O)[C@@H](CC(C)(C)C)C(=O)N1C[C@]2(C[C@H]1C#N)C(=O)Nc1ccccc12. The molecule has 1 aromatic rings. The van der Waals surface area contributed by atoms with Crippen LogP contribution in [-0.4, -0.2) is 73.9 Å². The summed E-state index contributed by atoms with van der Waals surface area (Å²) in [4.78, 5) is 43.7. The van der Waals surface area contributed by atoms with Crippen LogP contribution in [0, 0.1) is 22.7 Å². The molecule has 4 rings (SSSR count). The summed E-state index contributed by atoms with van der Waals surface area (Å²) in [5.41, 5.74) is 0.0477. The number of likely N-dealkylation sites (tertiary alicyclic amines) is 1. The molecule has 1 spiro atoms. The van der Waals surface area contributed by atoms with Gasteiger partial charge in [-0.2, -0.15) is 5.26 Å². The fourth-order valence-electron chi connectivity index (χ4n) is 5.69. The number of carbonyl (C=O) groups excluding carboxylic acids is 3. The zero-order valence-electron chi connectivity index (χ0n) is 22.7. The number of amides is 3. The standard InChI is InChI=1S/C27H37N5O5S/c1-26(2,3)14-22(31(4)23(33)21(12-17-10-11-17)30-38(5,36)37)24(34)32-16-27(13-18(32)15-28)19-8-6-7-9-20(19)29-25(27)35/h6-9,17-18,21-22,30H,10-14,16H2,1-5H3,(H,29,35)/t18-,21-,22-,27-/m0/s1. The number of carbonyl (C=O) groups is 3. The zero-order valence-corrected chi connectivity index (χ0v) is 23.5. The maximum absolute atomic E-state index is 14.2. The van der Waals surface area contributed by atoms with E-state index in [1.54, 1.807) is 6.07 Å². The van der Waals surface area contributed by atoms with E-state index in [0.717, 1.165) is 24.7 Å². The average Bonchev–Trinajstić information content (AvgIpc) is 3.49. The van der Waals surface area contributed by atoms with Crippen LogP contribution in [0.2, 0.25) is 0 Å². The van der Waals surface area contributed by atoms with Crippen LogP contribution in [0.5, 0.6) is 0 Å². The van der Waals surface area contributed by atoms with Crippen molar-refractivity contribution < 1.29 is 22.8 Å². The van der Waals surface area contributed by atoms with E-state index in [2.05, 4.69) is 16.1 Å². The number of anilines is 1. The number of fused-ring (bicyclic) bond motifs is 2. The van der Waals surface area contributed by atoms with Gasteiger partial charge in [0.2, 0.25) is 27.7 Å². The van der Waals surface area contributed by atoms with Crippen LogP contribution >= 0.6 is 0 Å². The minimum absolute atomic E-state index is 0.0304. The summed E-state index contributed by atoms with van der Waals surface area (Å²) in [5.74, 6) is -0.865. The molecule has 2 heterocycles. The van der Waals surface area contributed by atoms with Gasteiger partial charge in [0.1, 0.15) is 18.1 Å². The van der Waals surface area contributed by atoms with Gasteiger partial charge in [0.15, 0.2) is 0 Å². The van der Waals surface area contributed by atoms with Crippen LogP contribution in [0.4, 0.5) is 5.69 Å². The van der Waals surface area contributed by atoms with Gasteiger partial charge in [-0.3, -0.25) is 14.4 Å². The summed E-state index contributed by atoms with van der Waals surface area (Å²) in [6.07, 6.45) is 3.73. The summed E-state index contributed by atoms with van der Waals surface area (Å²) >= 11 is 0. The summed E-state index contributed by atoms with van der Waals surface area (Å²) in [6, 6.07) is 6.75. The number of rotatable bonds is 8. The van der Waals surface area contributed by atoms with Gasteiger partial charge in [0.25, 0.3) is 0 Å². The highest BCUT2D eigenvalue weighted by Crippen LogP contribution is 2.46. The van der Waals surface area contributed by atoms with Gasteiger partial charge in [-0.15, -0.1) is 0 Å². The Balaban J connectivity index is 1.65. The van der Waals surface area contributed by atoms with E-state index in [0.29, 0.717) is 18.5 Å². The number of hydrogen-bond donors (Lipinski definition) is 2. The number of hydrogen-bond acceptors (Lipinski definition) is 6. The molecule has 2 aliphatic heterocycles. The molecule has 0 aromatic heterocycles. The Morgan fingerprint density at radius 2 is 1.95 bits per heavy atom. The second-order valence-corrected chi connectivity index (χ2v) is 14.0. The zero-order chi connectivity index (χ0) is 28.0. The lowest BCUT2D eigenvalue weighted by atomic mass is 9.80. The molecule has 4 atom stereocenters. The molecule has 38 heavy (non-hydrogen) atoms. The Morgan fingerprint density at radius 1 is 1.29 bits per heavy atom. The lowest BCUT2D eigenvalue weighted by molar-refractivity contribution is -0.147. The molecule has 1 saturated heterocycles. The minimum Gasteiger partial charge on any atom is -0.332 e. The molecule has 0 bridgehead atoms. The van der Waals surface area contributed by atoms with Crippen molar-refractivity contribution in [1.82, 2.24) is 14.5 Å². The summed E-state index contributed by atoms with van der Waals surface area (Å²) in [6.45, 7) is 5.89. The highest BCUT2D eigenvalue weighted by molar-refractivity contribution is 7.88. The third kappa shape index (κ3) is 5.71. The van der Waals surface area contributed by atoms with E-state index in [1.165, 1.54) is 16.8 Å². The molecule has 0 radical (unpaired) electrons. The van der Waals surface area contributed by atoms with Crippen molar-refractivity contribution in [3.8, 4) is 6.07 Å². The van der Waals surface area contributed by atoms with Crippen LogP contribution in [0.15, 0.2) is 24.3 Å². The fourth-order valence-corrected chi connectivity index (χ4v) is 6.41. The molecule has 1 aliphatic carbocycles. The first-order valence-corrected chi connectivity index (χ1v) is 14.9. The van der Waals surface area contributed by atoms with Crippen molar-refractivity contribution in [2.75, 3.05) is 25.2 Å². The van der Waals surface area contributed by atoms with Crippen LogP contribution in [-0.2, 0) is 29.8 Å². The van der Waals surface area contributed by atoms with Gasteiger partial charge < -0.3 is 15.1 Å². The summed E-state index contributed by atoms with van der Waals surface area (Å²) in [5, 5.41) is 12.9. The topological polar surface area (TPSA) is 140 Å². The second kappa shape index (κ2) is 9.97. The maximum Gasteiger partial charge on any atom is 0.246 e. The van der Waals surface area contributed by atoms with Gasteiger partial charge in [0.05, 0.1) is 17.7 Å². The van der Waals surface area contributed by atoms with Gasteiger partial charge >= 0.3 is 0 Å². The Hall–Kier alpha value is -2.97. The molecule has 0 unspecified atom stereocenters. The van der Waals surface area contributed by atoms with Crippen molar-refractivity contribution >= 4 is 33.4 Å². The van der Waals surface area contributed by atoms with Gasteiger partial charge in [-0.05, 0) is 35.8 Å². The number of benzene rings is 1. The van der Waals surface area contributed by atoms with E-state index in [9.17, 15) is 28.1 Å². The monoisotopic (exact) mass is 543 g/mol. The lowest BCUT2D eigenvalue weighted by Gasteiger charge is -2.37. The Labute approximate surface area is 224 Å². The normalized spacial score (nSPS) is 24.5. The van der Waals surface area contributed by atoms with Crippen molar-refractivity contribution in [3.05, 3.63) is 29.8 Å². The van der Waals surface area contributed by atoms with Crippen molar-refractivity contribution in [2.45, 2.75) is 76.4 Å². The minimum atomic E-state index is -3.66. The van der Waals surface area contributed by atoms with Gasteiger partial charge in [-0.25, -0.2) is 13.1 Å². The molecule has 10 nitrogen and oxygen atoms in total. The van der Waals surface area contributed by atoms with Crippen molar-refractivity contribution in [3.63, 3.8) is 0 Å². The number of nitrogens with zero attached hydrogens (tertiary/aromatic N) is 3. The lowest BCUT2D eigenvalue weighted by Crippen LogP contribution is -2.56. The van der Waals surface area contributed by atoms with Crippen LogP contribution in [0.25, 0.3) is 0 Å². The fraction of sp³-hybridized carbons (Fsp3) is 0.630. The number of nitriles is 1. The molecule has 1 aromatic carbocycles. The van der Waals surface area contributed by atoms with E-state index in [4.69, 9.17) is 0 Å². The molecular formula is C27H37N5O5S. The Kier molecular flexibility index (Phi) is 7.36. The first kappa shape index (κ1) is 28.0. The molecule has 206 valence electrons. The van der Waals surface area contributed by atoms with E-state index >= 15 is 0 Å². The van der Waals surface area contributed by atoms with E-state index in [-0.39, 0.29) is 30.2 Å². The summed E-state index contributed by atoms with van der Waals surface area (Å²) < 4.78 is 26.5. The predicted molar refractivity (Wildman–Crippen MR) is 142 cm³/mol.